The fourth-order valence-corrected chi connectivity index (χ4v) is 2.24. The minimum Gasteiger partial charge on any atom is -0.444 e. The molecule has 7 heteroatoms. The maximum atomic E-state index is 12.3. The highest BCUT2D eigenvalue weighted by Crippen LogP contribution is 2.24. The van der Waals surface area contributed by atoms with Gasteiger partial charge in [0.25, 0.3) is 11.8 Å². The molecule has 1 aromatic rings. The number of fused-ring (bicyclic) bond motifs is 1. The summed E-state index contributed by atoms with van der Waals surface area (Å²) in [5.74, 6) is -1.53. The summed E-state index contributed by atoms with van der Waals surface area (Å²) in [5.41, 5.74) is 0.564. The zero-order valence-corrected chi connectivity index (χ0v) is 12.9. The molecule has 7 nitrogen and oxygen atoms in total. The monoisotopic (exact) mass is 316 g/mol. The summed E-state index contributed by atoms with van der Waals surface area (Å²) >= 11 is 0. The molecule has 0 N–H and O–H groups in total. The van der Waals surface area contributed by atoms with Crippen LogP contribution < -0.4 is 0 Å². The summed E-state index contributed by atoms with van der Waals surface area (Å²) < 4.78 is 9.80. The van der Waals surface area contributed by atoms with Crippen molar-refractivity contribution in [2.75, 3.05) is 20.3 Å². The van der Waals surface area contributed by atoms with Gasteiger partial charge in [0.05, 0.1) is 16.7 Å². The molecule has 0 radical (unpaired) electrons. The molecule has 1 atom stereocenters. The molecule has 23 heavy (non-hydrogen) atoms. The van der Waals surface area contributed by atoms with Crippen LogP contribution in [-0.2, 0) is 9.47 Å². The topological polar surface area (TPSA) is 96.7 Å². The number of benzene rings is 1. The predicted octanol–water partition coefficient (Wildman–Crippen LogP) is 1.39. The van der Waals surface area contributed by atoms with Crippen LogP contribution in [0.1, 0.15) is 44.4 Å². The molecule has 1 aromatic carbocycles. The number of nitrogens with zero attached hydrogens (tertiary/aromatic N) is 2. The molecule has 1 unspecified atom stereocenters. The summed E-state index contributed by atoms with van der Waals surface area (Å²) in [6.45, 7) is 2.14. The Balaban J connectivity index is 2.20. The van der Waals surface area contributed by atoms with Crippen molar-refractivity contribution in [3.05, 3.63) is 34.9 Å². The molecule has 120 valence electrons. The van der Waals surface area contributed by atoms with Gasteiger partial charge in [-0.25, -0.2) is 4.79 Å². The third-order valence-electron chi connectivity index (χ3n) is 3.40. The van der Waals surface area contributed by atoms with E-state index < -0.39 is 18.0 Å². The smallest absolute Gasteiger partial charge is 0.339 e. The number of imide groups is 1. The van der Waals surface area contributed by atoms with Gasteiger partial charge in [0.2, 0.25) is 0 Å². The minimum atomic E-state index is -0.890. The highest BCUT2D eigenvalue weighted by atomic mass is 16.5. The summed E-state index contributed by atoms with van der Waals surface area (Å²) in [6.07, 6.45) is -0.352. The number of carbonyl (C=O) groups excluding carboxylic acids is 3. The molecular weight excluding hydrogens is 300 g/mol. The van der Waals surface area contributed by atoms with E-state index >= 15 is 0 Å². The fraction of sp³-hybridized carbons (Fsp3) is 0.375. The molecule has 0 aliphatic carbocycles. The second-order valence-corrected chi connectivity index (χ2v) is 5.05. The zero-order chi connectivity index (χ0) is 17.0. The van der Waals surface area contributed by atoms with Crippen LogP contribution in [0.4, 0.5) is 0 Å². The molecule has 1 aliphatic rings. The number of methoxy groups -OCH3 is 1. The lowest BCUT2D eigenvalue weighted by atomic mass is 10.1. The SMILES string of the molecule is COCCCN1C(=O)c2ccc(C(=O)OC(C)C#N)cc2C1=O. The Morgan fingerprint density at radius 2 is 2.00 bits per heavy atom. The molecule has 1 aliphatic heterocycles. The molecule has 2 amide bonds. The maximum Gasteiger partial charge on any atom is 0.339 e. The second kappa shape index (κ2) is 7.03. The minimum absolute atomic E-state index is 0.130. The van der Waals surface area contributed by atoms with Crippen molar-refractivity contribution in [3.63, 3.8) is 0 Å². The Morgan fingerprint density at radius 3 is 2.65 bits per heavy atom. The number of nitriles is 1. The normalized spacial score (nSPS) is 14.4. The van der Waals surface area contributed by atoms with Crippen molar-refractivity contribution in [1.82, 2.24) is 4.90 Å². The van der Waals surface area contributed by atoms with Crippen LogP contribution in [0.5, 0.6) is 0 Å². The Kier molecular flexibility index (Phi) is 5.09. The summed E-state index contributed by atoms with van der Waals surface area (Å²) in [7, 11) is 1.54. The highest BCUT2D eigenvalue weighted by Gasteiger charge is 2.35. The van der Waals surface area contributed by atoms with Crippen LogP contribution in [0.25, 0.3) is 0 Å². The van der Waals surface area contributed by atoms with Gasteiger partial charge in [0.15, 0.2) is 6.10 Å². The Bertz CT molecular complexity index is 692. The summed E-state index contributed by atoms with van der Waals surface area (Å²) in [5, 5.41) is 8.66. The summed E-state index contributed by atoms with van der Waals surface area (Å²) in [4.78, 5) is 37.6. The molecule has 0 spiro atoms. The molecule has 0 bridgehead atoms. The average Bonchev–Trinajstić information content (AvgIpc) is 2.79. The van der Waals surface area contributed by atoms with Crippen LogP contribution in [0.2, 0.25) is 0 Å². The molecule has 0 aromatic heterocycles. The van der Waals surface area contributed by atoms with Gasteiger partial charge in [-0.05, 0) is 31.5 Å². The number of hydrogen-bond donors (Lipinski definition) is 0. The molecule has 0 saturated carbocycles. The van der Waals surface area contributed by atoms with Gasteiger partial charge in [0.1, 0.15) is 6.07 Å². The molecule has 0 saturated heterocycles. The lowest BCUT2D eigenvalue weighted by Crippen LogP contribution is -2.31. The van der Waals surface area contributed by atoms with Crippen LogP contribution in [0.3, 0.4) is 0 Å². The number of ether oxygens (including phenoxy) is 2. The Morgan fingerprint density at radius 1 is 1.30 bits per heavy atom. The van der Waals surface area contributed by atoms with Crippen LogP contribution in [-0.4, -0.2) is 49.0 Å². The largest absolute Gasteiger partial charge is 0.444 e. The summed E-state index contributed by atoms with van der Waals surface area (Å²) in [6, 6.07) is 5.96. The number of hydrogen-bond acceptors (Lipinski definition) is 6. The van der Waals surface area contributed by atoms with Gasteiger partial charge in [-0.3, -0.25) is 14.5 Å². The van der Waals surface area contributed by atoms with Crippen LogP contribution in [0.15, 0.2) is 18.2 Å². The van der Waals surface area contributed by atoms with E-state index in [2.05, 4.69) is 0 Å². The lowest BCUT2D eigenvalue weighted by molar-refractivity contribution is 0.0435. The second-order valence-electron chi connectivity index (χ2n) is 5.05. The average molecular weight is 316 g/mol. The van der Waals surface area contributed by atoms with Crippen molar-refractivity contribution < 1.29 is 23.9 Å². The van der Waals surface area contributed by atoms with Crippen molar-refractivity contribution in [2.24, 2.45) is 0 Å². The van der Waals surface area contributed by atoms with Crippen molar-refractivity contribution in [1.29, 1.82) is 5.26 Å². The van der Waals surface area contributed by atoms with Gasteiger partial charge in [0, 0.05) is 20.3 Å². The van der Waals surface area contributed by atoms with E-state index in [1.54, 1.807) is 13.2 Å². The first-order valence-electron chi connectivity index (χ1n) is 7.09. The standard InChI is InChI=1S/C16H16N2O5/c1-10(9-17)23-16(21)11-4-5-12-13(8-11)15(20)18(14(12)19)6-3-7-22-2/h4-5,8,10H,3,6-7H2,1-2H3. The lowest BCUT2D eigenvalue weighted by Gasteiger charge is -2.12. The molecular formula is C16H16N2O5. The van der Waals surface area contributed by atoms with Gasteiger partial charge in [-0.2, -0.15) is 5.26 Å². The predicted molar refractivity (Wildman–Crippen MR) is 78.8 cm³/mol. The van der Waals surface area contributed by atoms with Gasteiger partial charge < -0.3 is 9.47 Å². The van der Waals surface area contributed by atoms with Crippen LogP contribution in [0, 0.1) is 11.3 Å². The van der Waals surface area contributed by atoms with Gasteiger partial charge in [-0.15, -0.1) is 0 Å². The number of rotatable bonds is 6. The first-order chi connectivity index (χ1) is 11.0. The third-order valence-corrected chi connectivity index (χ3v) is 3.40. The fourth-order valence-electron chi connectivity index (χ4n) is 2.24. The highest BCUT2D eigenvalue weighted by molar-refractivity contribution is 6.21. The van der Waals surface area contributed by atoms with Gasteiger partial charge in [-0.1, -0.05) is 0 Å². The van der Waals surface area contributed by atoms with Crippen LogP contribution >= 0.6 is 0 Å². The van der Waals surface area contributed by atoms with Crippen molar-refractivity contribution in [2.45, 2.75) is 19.4 Å². The quantitative estimate of drug-likeness (QED) is 0.447. The third kappa shape index (κ3) is 3.38. The van der Waals surface area contributed by atoms with Crippen molar-refractivity contribution in [3.8, 4) is 6.07 Å². The van der Waals surface area contributed by atoms with E-state index in [1.807, 2.05) is 0 Å². The number of esters is 1. The van der Waals surface area contributed by atoms with E-state index in [-0.39, 0.29) is 29.1 Å². The zero-order valence-electron chi connectivity index (χ0n) is 12.9. The number of amides is 2. The van der Waals surface area contributed by atoms with Crippen molar-refractivity contribution >= 4 is 17.8 Å². The molecule has 2 rings (SSSR count). The van der Waals surface area contributed by atoms with E-state index in [0.717, 1.165) is 4.90 Å². The van der Waals surface area contributed by atoms with E-state index in [4.69, 9.17) is 14.7 Å². The van der Waals surface area contributed by atoms with Gasteiger partial charge >= 0.3 is 5.97 Å². The first kappa shape index (κ1) is 16.6. The Labute approximate surface area is 133 Å². The van der Waals surface area contributed by atoms with E-state index in [0.29, 0.717) is 13.0 Å². The molecule has 1 heterocycles. The maximum absolute atomic E-state index is 12.3. The number of carbonyl (C=O) groups is 3. The first-order valence-corrected chi connectivity index (χ1v) is 7.09. The van der Waals surface area contributed by atoms with E-state index in [1.165, 1.54) is 25.1 Å². The Hall–Kier alpha value is -2.72. The van der Waals surface area contributed by atoms with E-state index in [9.17, 15) is 14.4 Å². The molecule has 0 fully saturated rings.